The molecule has 6 heteroatoms. The number of alkyl halides is 2. The zero-order valence-electron chi connectivity index (χ0n) is 7.91. The molecular weight excluding hydrogens is 233 g/mol. The Balaban J connectivity index is 0.00000196. The van der Waals surface area contributed by atoms with E-state index in [0.717, 1.165) is 12.1 Å². The van der Waals surface area contributed by atoms with Crippen molar-refractivity contribution >= 4 is 11.8 Å². The number of carboxylic acids is 1. The third-order valence-corrected chi connectivity index (χ3v) is 1.59. The number of benzene rings is 1. The van der Waals surface area contributed by atoms with Crippen LogP contribution in [0.1, 0.15) is 10.4 Å². The first-order valence-corrected chi connectivity index (χ1v) is 3.67. The van der Waals surface area contributed by atoms with Gasteiger partial charge in [0.05, 0.1) is 0 Å². The predicted octanol–water partition coefficient (Wildman–Crippen LogP) is -1.41. The van der Waals surface area contributed by atoms with Gasteiger partial charge < -0.3 is 5.11 Å². The molecule has 0 aliphatic heterocycles. The maximum Gasteiger partial charge on any atom is 1.00 e. The van der Waals surface area contributed by atoms with Crippen molar-refractivity contribution in [1.29, 1.82) is 0 Å². The topological polar surface area (TPSA) is 54.4 Å². The van der Waals surface area contributed by atoms with Crippen LogP contribution in [0.5, 0.6) is 0 Å². The maximum atomic E-state index is 12.7. The molecule has 1 aromatic carbocycles. The van der Waals surface area contributed by atoms with Gasteiger partial charge in [0.1, 0.15) is 0 Å². The molecule has 1 aromatic rings. The van der Waals surface area contributed by atoms with Crippen LogP contribution < -0.4 is 51.4 Å². The normalized spacial score (nSPS) is 10.3. The van der Waals surface area contributed by atoms with E-state index in [1.54, 1.807) is 0 Å². The van der Waals surface area contributed by atoms with E-state index in [-0.39, 0.29) is 56.9 Å². The number of aliphatic carboxylic acids is 1. The van der Waals surface area contributed by atoms with Crippen molar-refractivity contribution in [3.63, 3.8) is 0 Å². The molecule has 0 spiro atoms. The molecule has 0 aliphatic carbocycles. The van der Waals surface area contributed by atoms with E-state index in [9.17, 15) is 18.4 Å². The van der Waals surface area contributed by atoms with Gasteiger partial charge in [-0.15, -0.1) is 0 Å². The van der Waals surface area contributed by atoms with Crippen molar-refractivity contribution < 1.29 is 74.9 Å². The molecule has 0 heterocycles. The maximum absolute atomic E-state index is 12.7. The molecule has 0 fully saturated rings. The van der Waals surface area contributed by atoms with E-state index >= 15 is 0 Å². The van der Waals surface area contributed by atoms with Crippen LogP contribution in [0.4, 0.5) is 8.78 Å². The Kier molecular flexibility index (Phi) is 5.75. The van der Waals surface area contributed by atoms with E-state index in [1.807, 2.05) is 0 Å². The van der Waals surface area contributed by atoms with E-state index in [4.69, 9.17) is 5.11 Å². The minimum Gasteiger partial charge on any atom is -0.476 e. The molecule has 0 amide bonds. The summed E-state index contributed by atoms with van der Waals surface area (Å²) in [5.41, 5.74) is -0.320. The van der Waals surface area contributed by atoms with Crippen molar-refractivity contribution in [2.45, 2.75) is 5.92 Å². The molecule has 1 rings (SSSR count). The van der Waals surface area contributed by atoms with E-state index in [0.29, 0.717) is 0 Å². The smallest absolute Gasteiger partial charge is 0.476 e. The van der Waals surface area contributed by atoms with Gasteiger partial charge in [0.25, 0.3) is 0 Å². The molecular formula is C9H6F2KO3+. The summed E-state index contributed by atoms with van der Waals surface area (Å²) in [6.07, 6.45) is 0. The van der Waals surface area contributed by atoms with Crippen molar-refractivity contribution in [2.75, 3.05) is 0 Å². The molecule has 0 aliphatic rings. The summed E-state index contributed by atoms with van der Waals surface area (Å²) >= 11 is 0. The van der Waals surface area contributed by atoms with Crippen LogP contribution in [-0.4, -0.2) is 22.8 Å². The van der Waals surface area contributed by atoms with Crippen LogP contribution in [0, 0.1) is 0 Å². The fourth-order valence-corrected chi connectivity index (χ4v) is 0.868. The number of carboxylic acid groups (broad SMARTS) is 1. The molecule has 74 valence electrons. The predicted molar refractivity (Wildman–Crippen MR) is 43.4 cm³/mol. The Morgan fingerprint density at radius 1 is 1.13 bits per heavy atom. The quantitative estimate of drug-likeness (QED) is 0.401. The van der Waals surface area contributed by atoms with Gasteiger partial charge in [0, 0.05) is 5.56 Å². The molecule has 0 unspecified atom stereocenters. The Labute approximate surface area is 127 Å². The Hall–Kier alpha value is -0.144. The number of halogens is 2. The Morgan fingerprint density at radius 3 is 2.00 bits per heavy atom. The molecule has 15 heavy (non-hydrogen) atoms. The van der Waals surface area contributed by atoms with Crippen molar-refractivity contribution in [2.24, 2.45) is 0 Å². The molecule has 0 radical (unpaired) electrons. The zero-order chi connectivity index (χ0) is 10.8. The SMILES string of the molecule is O=C(O)C(F)(F)C(=O)c1ccccc1.[K+]. The summed E-state index contributed by atoms with van der Waals surface area (Å²) in [6.45, 7) is 0. The van der Waals surface area contributed by atoms with Gasteiger partial charge in [-0.3, -0.25) is 4.79 Å². The van der Waals surface area contributed by atoms with Gasteiger partial charge in [-0.05, 0) is 0 Å². The van der Waals surface area contributed by atoms with Crippen LogP contribution in [0.2, 0.25) is 0 Å². The largest absolute Gasteiger partial charge is 1.00 e. The summed E-state index contributed by atoms with van der Waals surface area (Å²) < 4.78 is 25.4. The van der Waals surface area contributed by atoms with Gasteiger partial charge in [0.2, 0.25) is 5.78 Å². The fourth-order valence-electron chi connectivity index (χ4n) is 0.868. The second kappa shape index (κ2) is 5.81. The van der Waals surface area contributed by atoms with Crippen LogP contribution in [-0.2, 0) is 4.79 Å². The molecule has 3 nitrogen and oxygen atoms in total. The Morgan fingerprint density at radius 2 is 1.60 bits per heavy atom. The van der Waals surface area contributed by atoms with E-state index in [2.05, 4.69) is 0 Å². The molecule has 0 atom stereocenters. The van der Waals surface area contributed by atoms with Gasteiger partial charge in [-0.2, -0.15) is 8.78 Å². The van der Waals surface area contributed by atoms with E-state index in [1.165, 1.54) is 18.2 Å². The second-order valence-corrected chi connectivity index (χ2v) is 2.57. The average Bonchev–Trinajstić information content (AvgIpc) is 2.17. The fraction of sp³-hybridized carbons (Fsp3) is 0.111. The van der Waals surface area contributed by atoms with Gasteiger partial charge in [-0.25, -0.2) is 4.79 Å². The van der Waals surface area contributed by atoms with Gasteiger partial charge in [0.15, 0.2) is 0 Å². The van der Waals surface area contributed by atoms with Gasteiger partial charge in [-0.1, -0.05) is 30.3 Å². The zero-order valence-corrected chi connectivity index (χ0v) is 11.0. The number of ketones is 1. The average molecular weight is 239 g/mol. The van der Waals surface area contributed by atoms with E-state index < -0.39 is 17.7 Å². The first-order valence-electron chi connectivity index (χ1n) is 3.67. The third kappa shape index (κ3) is 3.42. The van der Waals surface area contributed by atoms with Crippen molar-refractivity contribution in [3.05, 3.63) is 35.9 Å². The first kappa shape index (κ1) is 14.9. The molecule has 0 saturated carbocycles. The summed E-state index contributed by atoms with van der Waals surface area (Å²) in [5, 5.41) is 8.10. The summed E-state index contributed by atoms with van der Waals surface area (Å²) in [6, 6.07) is 6.57. The van der Waals surface area contributed by atoms with Crippen LogP contribution in [0.3, 0.4) is 0 Å². The van der Waals surface area contributed by atoms with Crippen molar-refractivity contribution in [3.8, 4) is 0 Å². The number of Topliss-reactive ketones (excluding diaryl/α,β-unsaturated/α-hetero) is 1. The molecule has 0 bridgehead atoms. The number of carbonyl (C=O) groups excluding carboxylic acids is 1. The first-order chi connectivity index (χ1) is 6.46. The van der Waals surface area contributed by atoms with Crippen LogP contribution in [0.25, 0.3) is 0 Å². The molecule has 0 saturated heterocycles. The minimum absolute atomic E-state index is 0. The van der Waals surface area contributed by atoms with Crippen molar-refractivity contribution in [1.82, 2.24) is 0 Å². The number of hydrogen-bond acceptors (Lipinski definition) is 2. The minimum atomic E-state index is -4.36. The standard InChI is InChI=1S/C9H6F2O3.K/c10-9(11,8(13)14)7(12)6-4-2-1-3-5-6;/h1-5H,(H,13,14);/q;+1. The Bertz CT molecular complexity index is 365. The molecule has 0 aromatic heterocycles. The number of carbonyl (C=O) groups is 2. The summed E-state index contributed by atoms with van der Waals surface area (Å²) in [7, 11) is 0. The number of hydrogen-bond donors (Lipinski definition) is 1. The van der Waals surface area contributed by atoms with Gasteiger partial charge >= 0.3 is 63.3 Å². The third-order valence-electron chi connectivity index (χ3n) is 1.59. The molecule has 1 N–H and O–H groups in total. The van der Waals surface area contributed by atoms with Crippen LogP contribution in [0.15, 0.2) is 30.3 Å². The van der Waals surface area contributed by atoms with Crippen LogP contribution >= 0.6 is 0 Å². The monoisotopic (exact) mass is 239 g/mol. The second-order valence-electron chi connectivity index (χ2n) is 2.57. The summed E-state index contributed by atoms with van der Waals surface area (Å²) in [5.74, 6) is -8.50. The number of rotatable bonds is 3. The summed E-state index contributed by atoms with van der Waals surface area (Å²) in [4.78, 5) is 21.0.